The second kappa shape index (κ2) is 7.80. The van der Waals surface area contributed by atoms with Crippen molar-refractivity contribution in [3.8, 4) is 0 Å². The Balaban J connectivity index is 1.93. The smallest absolute Gasteiger partial charge is 0.323 e. The number of carbonyl (C=O) groups is 2. The summed E-state index contributed by atoms with van der Waals surface area (Å²) in [5.41, 5.74) is 1.63. The standard InChI is InChI=1S/C17H19N3O4S/c1-12(25(2,23)24)16(21)18-14-8-10-15(11-9-14)20-17(22)19-13-6-4-3-5-7-13/h3-12H,1-2H3,(H,18,21)(H2,19,20,22). The molecule has 2 aromatic carbocycles. The van der Waals surface area contributed by atoms with E-state index in [-0.39, 0.29) is 0 Å². The Hall–Kier alpha value is -2.87. The quantitative estimate of drug-likeness (QED) is 0.761. The van der Waals surface area contributed by atoms with Crippen LogP contribution in [0.3, 0.4) is 0 Å². The number of hydrogen-bond acceptors (Lipinski definition) is 4. The lowest BCUT2D eigenvalue weighted by atomic mass is 10.2. The minimum Gasteiger partial charge on any atom is -0.325 e. The van der Waals surface area contributed by atoms with Crippen LogP contribution in [0.25, 0.3) is 0 Å². The summed E-state index contributed by atoms with van der Waals surface area (Å²) in [5, 5.41) is 6.73. The summed E-state index contributed by atoms with van der Waals surface area (Å²) in [4.78, 5) is 23.7. The third-order valence-corrected chi connectivity index (χ3v) is 4.95. The third kappa shape index (κ3) is 5.61. The fourth-order valence-corrected chi connectivity index (χ4v) is 2.34. The molecule has 1 unspecified atom stereocenters. The summed E-state index contributed by atoms with van der Waals surface area (Å²) >= 11 is 0. The number of anilines is 3. The number of urea groups is 1. The SMILES string of the molecule is CC(C(=O)Nc1ccc(NC(=O)Nc2ccccc2)cc1)S(C)(=O)=O. The number of rotatable bonds is 5. The summed E-state index contributed by atoms with van der Waals surface area (Å²) < 4.78 is 22.7. The maximum absolute atomic E-state index is 11.9. The summed E-state index contributed by atoms with van der Waals surface area (Å²) in [6, 6.07) is 15.0. The Kier molecular flexibility index (Phi) is 5.76. The molecule has 2 rings (SSSR count). The van der Waals surface area contributed by atoms with Crippen molar-refractivity contribution in [2.45, 2.75) is 12.2 Å². The molecule has 0 spiro atoms. The maximum atomic E-state index is 11.9. The van der Waals surface area contributed by atoms with Crippen LogP contribution in [0, 0.1) is 0 Å². The van der Waals surface area contributed by atoms with Crippen LogP contribution in [0.5, 0.6) is 0 Å². The van der Waals surface area contributed by atoms with Gasteiger partial charge in [-0.25, -0.2) is 13.2 Å². The minimum atomic E-state index is -3.45. The molecule has 0 aliphatic heterocycles. The van der Waals surface area contributed by atoms with Crippen LogP contribution in [0.15, 0.2) is 54.6 Å². The predicted molar refractivity (Wildman–Crippen MR) is 98.5 cm³/mol. The fraction of sp³-hybridized carbons (Fsp3) is 0.176. The minimum absolute atomic E-state index is 0.395. The van der Waals surface area contributed by atoms with Crippen molar-refractivity contribution in [2.75, 3.05) is 22.2 Å². The van der Waals surface area contributed by atoms with Crippen LogP contribution in [-0.2, 0) is 14.6 Å². The highest BCUT2D eigenvalue weighted by Crippen LogP contribution is 2.15. The van der Waals surface area contributed by atoms with Crippen molar-refractivity contribution >= 4 is 38.8 Å². The molecule has 25 heavy (non-hydrogen) atoms. The maximum Gasteiger partial charge on any atom is 0.323 e. The Morgan fingerprint density at radius 2 is 1.24 bits per heavy atom. The van der Waals surface area contributed by atoms with Crippen molar-refractivity contribution in [3.63, 3.8) is 0 Å². The lowest BCUT2D eigenvalue weighted by molar-refractivity contribution is -0.115. The van der Waals surface area contributed by atoms with Gasteiger partial charge in [-0.2, -0.15) is 0 Å². The summed E-state index contributed by atoms with van der Waals surface area (Å²) in [5.74, 6) is -0.606. The van der Waals surface area contributed by atoms with Gasteiger partial charge in [0.2, 0.25) is 5.91 Å². The molecule has 1 atom stereocenters. The highest BCUT2D eigenvalue weighted by Gasteiger charge is 2.23. The van der Waals surface area contributed by atoms with E-state index in [0.717, 1.165) is 6.26 Å². The van der Waals surface area contributed by atoms with Gasteiger partial charge in [-0.05, 0) is 43.3 Å². The number of amides is 3. The molecule has 0 bridgehead atoms. The van der Waals surface area contributed by atoms with Crippen LogP contribution in [0.1, 0.15) is 6.92 Å². The van der Waals surface area contributed by atoms with E-state index in [4.69, 9.17) is 0 Å². The van der Waals surface area contributed by atoms with Gasteiger partial charge in [0, 0.05) is 23.3 Å². The number of sulfone groups is 1. The zero-order valence-electron chi connectivity index (χ0n) is 13.8. The van der Waals surface area contributed by atoms with Crippen LogP contribution in [0.2, 0.25) is 0 Å². The molecule has 0 radical (unpaired) electrons. The van der Waals surface area contributed by atoms with Gasteiger partial charge in [-0.1, -0.05) is 18.2 Å². The van der Waals surface area contributed by atoms with Crippen LogP contribution in [0.4, 0.5) is 21.9 Å². The van der Waals surface area contributed by atoms with E-state index in [9.17, 15) is 18.0 Å². The fourth-order valence-electron chi connectivity index (χ4n) is 1.89. The number of nitrogens with one attached hydrogen (secondary N) is 3. The molecule has 0 aliphatic carbocycles. The lowest BCUT2D eigenvalue weighted by Crippen LogP contribution is -2.31. The Labute approximate surface area is 146 Å². The number of para-hydroxylation sites is 1. The highest BCUT2D eigenvalue weighted by atomic mass is 32.2. The van der Waals surface area contributed by atoms with E-state index in [1.807, 2.05) is 18.2 Å². The van der Waals surface area contributed by atoms with Gasteiger partial charge < -0.3 is 16.0 Å². The molecule has 3 N–H and O–H groups in total. The van der Waals surface area contributed by atoms with Crippen molar-refractivity contribution in [1.29, 1.82) is 0 Å². The molecule has 132 valence electrons. The first kappa shape index (κ1) is 18.5. The van der Waals surface area contributed by atoms with Gasteiger partial charge in [0.15, 0.2) is 9.84 Å². The molecule has 0 saturated carbocycles. The van der Waals surface area contributed by atoms with E-state index >= 15 is 0 Å². The zero-order valence-corrected chi connectivity index (χ0v) is 14.6. The number of benzene rings is 2. The molecular formula is C17H19N3O4S. The largest absolute Gasteiger partial charge is 0.325 e. The molecule has 0 aromatic heterocycles. The molecule has 8 heteroatoms. The second-order valence-electron chi connectivity index (χ2n) is 5.48. The van der Waals surface area contributed by atoms with E-state index in [2.05, 4.69) is 16.0 Å². The third-order valence-electron chi connectivity index (χ3n) is 3.45. The molecule has 0 saturated heterocycles. The summed E-state index contributed by atoms with van der Waals surface area (Å²) in [6.07, 6.45) is 1.01. The van der Waals surface area contributed by atoms with Crippen molar-refractivity contribution in [1.82, 2.24) is 0 Å². The average molecular weight is 361 g/mol. The molecule has 3 amide bonds. The van der Waals surface area contributed by atoms with E-state index in [1.165, 1.54) is 6.92 Å². The monoisotopic (exact) mass is 361 g/mol. The van der Waals surface area contributed by atoms with Gasteiger partial charge in [0.05, 0.1) is 0 Å². The number of hydrogen-bond donors (Lipinski definition) is 3. The molecule has 0 heterocycles. The van der Waals surface area contributed by atoms with Crippen LogP contribution < -0.4 is 16.0 Å². The van der Waals surface area contributed by atoms with Gasteiger partial charge >= 0.3 is 6.03 Å². The van der Waals surface area contributed by atoms with Gasteiger partial charge in [0.1, 0.15) is 5.25 Å². The van der Waals surface area contributed by atoms with Crippen LogP contribution in [-0.4, -0.2) is 31.9 Å². The normalized spacial score (nSPS) is 12.1. The Morgan fingerprint density at radius 3 is 1.72 bits per heavy atom. The second-order valence-corrected chi connectivity index (χ2v) is 7.85. The topological polar surface area (TPSA) is 104 Å². The van der Waals surface area contributed by atoms with Gasteiger partial charge in [0.25, 0.3) is 0 Å². The average Bonchev–Trinajstić information content (AvgIpc) is 2.56. The molecule has 0 fully saturated rings. The first-order valence-corrected chi connectivity index (χ1v) is 9.44. The van der Waals surface area contributed by atoms with E-state index in [1.54, 1.807) is 36.4 Å². The summed E-state index contributed by atoms with van der Waals surface area (Å²) in [6.45, 7) is 1.33. The highest BCUT2D eigenvalue weighted by molar-refractivity contribution is 7.92. The van der Waals surface area contributed by atoms with Crippen molar-refractivity contribution < 1.29 is 18.0 Å². The predicted octanol–water partition coefficient (Wildman–Crippen LogP) is 2.70. The van der Waals surface area contributed by atoms with Gasteiger partial charge in [-0.15, -0.1) is 0 Å². The molecule has 7 nitrogen and oxygen atoms in total. The molecular weight excluding hydrogens is 342 g/mol. The van der Waals surface area contributed by atoms with E-state index in [0.29, 0.717) is 17.1 Å². The van der Waals surface area contributed by atoms with Crippen molar-refractivity contribution in [3.05, 3.63) is 54.6 Å². The Morgan fingerprint density at radius 1 is 0.800 bits per heavy atom. The van der Waals surface area contributed by atoms with Gasteiger partial charge in [-0.3, -0.25) is 4.79 Å². The lowest BCUT2D eigenvalue weighted by Gasteiger charge is -2.11. The molecule has 0 aliphatic rings. The van der Waals surface area contributed by atoms with Crippen LogP contribution >= 0.6 is 0 Å². The first-order valence-electron chi connectivity index (χ1n) is 7.48. The van der Waals surface area contributed by atoms with Crippen molar-refractivity contribution in [2.24, 2.45) is 0 Å². The van der Waals surface area contributed by atoms with E-state index < -0.39 is 27.0 Å². The number of carbonyl (C=O) groups excluding carboxylic acids is 2. The summed E-state index contributed by atoms with van der Waals surface area (Å²) in [7, 11) is -3.45. The molecule has 2 aromatic rings. The first-order chi connectivity index (χ1) is 11.8. The zero-order chi connectivity index (χ0) is 18.4. The Bertz CT molecular complexity index is 849.